The Morgan fingerprint density at radius 2 is 1.14 bits per heavy atom. The third kappa shape index (κ3) is 7.29. The summed E-state index contributed by atoms with van der Waals surface area (Å²) in [6, 6.07) is 8.89. The number of carboxylic acid groups (broad SMARTS) is 4. The second kappa shape index (κ2) is 10.7. The number of rotatable bonds is 5. The molecule has 29 heavy (non-hydrogen) atoms. The van der Waals surface area contributed by atoms with Crippen LogP contribution < -0.4 is 29.6 Å². The molecule has 5 N–H and O–H groups in total. The van der Waals surface area contributed by atoms with Gasteiger partial charge in [0.2, 0.25) is 0 Å². The van der Waals surface area contributed by atoms with Crippen molar-refractivity contribution >= 4 is 34.0 Å². The maximum absolute atomic E-state index is 10.9. The first-order valence-corrected chi connectivity index (χ1v) is 8.35. The molecule has 0 amide bonds. The predicted molar refractivity (Wildman–Crippen MR) is 89.4 cm³/mol. The van der Waals surface area contributed by atoms with E-state index in [0.29, 0.717) is 0 Å². The van der Waals surface area contributed by atoms with Crippen LogP contribution in [-0.2, 0) is 10.1 Å². The van der Waals surface area contributed by atoms with Gasteiger partial charge in [0.1, 0.15) is 0 Å². The topological polar surface area (TPSA) is 204 Å². The Morgan fingerprint density at radius 3 is 1.41 bits per heavy atom. The van der Waals surface area contributed by atoms with Gasteiger partial charge in [-0.25, -0.2) is 9.59 Å². The number of carbonyl (C=O) groups is 4. The van der Waals surface area contributed by atoms with E-state index in [4.69, 9.17) is 25.0 Å². The summed E-state index contributed by atoms with van der Waals surface area (Å²) in [5.41, 5.74) is -1.73. The van der Waals surface area contributed by atoms with Gasteiger partial charge in [0.05, 0.1) is 11.1 Å². The fourth-order valence-corrected chi connectivity index (χ4v) is 2.71. The molecule has 0 spiro atoms. The molecule has 0 saturated heterocycles. The van der Waals surface area contributed by atoms with E-state index in [1.54, 1.807) is 0 Å². The normalized spacial score (nSPS) is 9.97. The number of benzene rings is 2. The molecule has 13 heteroatoms. The molecule has 0 heterocycles. The minimum Gasteiger partial charge on any atom is -0.487 e. The molecule has 0 saturated carbocycles. The van der Waals surface area contributed by atoms with Crippen LogP contribution in [0.15, 0.2) is 41.3 Å². The van der Waals surface area contributed by atoms with Crippen molar-refractivity contribution in [2.75, 3.05) is 0 Å². The van der Waals surface area contributed by atoms with Crippen molar-refractivity contribution in [3.63, 3.8) is 0 Å². The van der Waals surface area contributed by atoms with Gasteiger partial charge < -0.3 is 20.4 Å². The maximum Gasteiger partial charge on any atom is 1.00 e. The molecule has 0 bridgehead atoms. The Labute approximate surface area is 185 Å². The molecular weight excluding hydrogens is 423 g/mol. The van der Waals surface area contributed by atoms with Gasteiger partial charge in [-0.3, -0.25) is 14.1 Å². The molecule has 0 aromatic heterocycles. The van der Waals surface area contributed by atoms with Crippen molar-refractivity contribution in [2.24, 2.45) is 0 Å². The van der Waals surface area contributed by atoms with Crippen LogP contribution in [0.3, 0.4) is 0 Å². The smallest absolute Gasteiger partial charge is 0.487 e. The van der Waals surface area contributed by atoms with E-state index in [0.717, 1.165) is 18.2 Å². The van der Waals surface area contributed by atoms with E-state index in [1.807, 2.05) is 0 Å². The Kier molecular flexibility index (Phi) is 9.67. The Hall–Kier alpha value is -2.77. The third-order valence-corrected chi connectivity index (χ3v) is 3.98. The van der Waals surface area contributed by atoms with Gasteiger partial charge in [0.25, 0.3) is 22.1 Å². The fourth-order valence-electron chi connectivity index (χ4n) is 1.87. The van der Waals surface area contributed by atoms with E-state index in [1.165, 1.54) is 18.2 Å². The van der Waals surface area contributed by atoms with Crippen LogP contribution in [0.5, 0.6) is 0 Å². The van der Waals surface area contributed by atoms with Crippen LogP contribution in [0.1, 0.15) is 41.4 Å². The number of carboxylic acids is 4. The molecule has 0 aliphatic carbocycles. The van der Waals surface area contributed by atoms with Crippen LogP contribution in [-0.4, -0.2) is 57.3 Å². The Bertz CT molecular complexity index is 999. The van der Waals surface area contributed by atoms with Crippen LogP contribution in [0.2, 0.25) is 0 Å². The summed E-state index contributed by atoms with van der Waals surface area (Å²) in [5, 5.41) is 34.3. The molecule has 0 fully saturated rings. The van der Waals surface area contributed by atoms with E-state index >= 15 is 0 Å². The molecule has 2 aromatic rings. The monoisotopic (exact) mass is 434 g/mol. The Balaban J connectivity index is 0.000000542. The molecule has 2 rings (SSSR count). The van der Waals surface area contributed by atoms with Gasteiger partial charge >= 0.3 is 41.5 Å². The standard InChI is InChI=1S/C8H5O7S.C8H6O4.Na/c9-7(10)4-2-1-3-5(8(11)12)6(4)16(13,14)15;9-7(10)5-2-1-3-6(4-5)8(11)12;/h2-3H,(H,9,10)(H,11,12)(H,13,14,15);1-4H,(H,9,10)(H,11,12);/q-1;;+1. The summed E-state index contributed by atoms with van der Waals surface area (Å²) in [7, 11) is -4.94. The molecule has 148 valence electrons. The maximum atomic E-state index is 10.9. The van der Waals surface area contributed by atoms with E-state index < -0.39 is 50.0 Å². The Morgan fingerprint density at radius 1 is 0.759 bits per heavy atom. The van der Waals surface area contributed by atoms with Crippen molar-refractivity contribution in [1.82, 2.24) is 0 Å². The summed E-state index contributed by atoms with van der Waals surface area (Å²) in [6.07, 6.45) is 0. The predicted octanol–water partition coefficient (Wildman–Crippen LogP) is -1.78. The van der Waals surface area contributed by atoms with Crippen molar-refractivity contribution < 1.29 is 82.1 Å². The molecule has 11 nitrogen and oxygen atoms in total. The van der Waals surface area contributed by atoms with Crippen molar-refractivity contribution in [2.45, 2.75) is 4.90 Å². The van der Waals surface area contributed by atoms with E-state index in [2.05, 4.69) is 6.07 Å². The molecule has 0 aliphatic rings. The first-order chi connectivity index (χ1) is 12.9. The second-order valence-corrected chi connectivity index (χ2v) is 6.25. The van der Waals surface area contributed by atoms with Crippen LogP contribution in [0.4, 0.5) is 0 Å². The van der Waals surface area contributed by atoms with E-state index in [-0.39, 0.29) is 40.7 Å². The van der Waals surface area contributed by atoms with Crippen molar-refractivity contribution in [3.8, 4) is 0 Å². The van der Waals surface area contributed by atoms with Gasteiger partial charge in [0, 0.05) is 4.90 Å². The average Bonchev–Trinajstić information content (AvgIpc) is 2.60. The number of aromatic carboxylic acids is 4. The third-order valence-electron chi connectivity index (χ3n) is 3.02. The first-order valence-electron chi connectivity index (χ1n) is 6.91. The zero-order valence-corrected chi connectivity index (χ0v) is 17.4. The quantitative estimate of drug-likeness (QED) is 0.202. The van der Waals surface area contributed by atoms with E-state index in [9.17, 15) is 27.6 Å². The summed E-state index contributed by atoms with van der Waals surface area (Å²) in [6.45, 7) is 0. The number of hydrogen-bond donors (Lipinski definition) is 5. The second-order valence-electron chi connectivity index (χ2n) is 4.89. The molecule has 0 unspecified atom stereocenters. The zero-order chi connectivity index (χ0) is 21.6. The van der Waals surface area contributed by atoms with Crippen LogP contribution in [0.25, 0.3) is 0 Å². The molecule has 0 aliphatic heterocycles. The van der Waals surface area contributed by atoms with Gasteiger partial charge in [-0.15, -0.1) is 0 Å². The van der Waals surface area contributed by atoms with Gasteiger partial charge in [-0.05, 0) is 29.3 Å². The summed E-state index contributed by atoms with van der Waals surface area (Å²) in [4.78, 5) is 40.9. The van der Waals surface area contributed by atoms with Crippen LogP contribution >= 0.6 is 0 Å². The largest absolute Gasteiger partial charge is 1.00 e. The fraction of sp³-hybridized carbons (Fsp3) is 0. The number of hydrogen-bond acceptors (Lipinski definition) is 6. The van der Waals surface area contributed by atoms with Crippen molar-refractivity contribution in [1.29, 1.82) is 0 Å². The molecule has 0 radical (unpaired) electrons. The van der Waals surface area contributed by atoms with Crippen LogP contribution in [0, 0.1) is 6.07 Å². The first kappa shape index (κ1) is 26.2. The summed E-state index contributed by atoms with van der Waals surface area (Å²) < 4.78 is 30.6. The molecule has 2 aromatic carbocycles. The minimum atomic E-state index is -4.94. The minimum absolute atomic E-state index is 0. The van der Waals surface area contributed by atoms with Gasteiger partial charge in [-0.1, -0.05) is 6.07 Å². The van der Waals surface area contributed by atoms with Gasteiger partial charge in [0.15, 0.2) is 0 Å². The van der Waals surface area contributed by atoms with Gasteiger partial charge in [-0.2, -0.15) is 26.6 Å². The SMILES string of the molecule is O=C(O)c1c[c-]cc(C(=O)O)c1S(=O)(=O)O.O=C(O)c1cccc(C(=O)O)c1.[Na+]. The summed E-state index contributed by atoms with van der Waals surface area (Å²) in [5.74, 6) is -5.60. The average molecular weight is 434 g/mol. The zero-order valence-electron chi connectivity index (χ0n) is 14.6. The molecule has 0 atom stereocenters. The summed E-state index contributed by atoms with van der Waals surface area (Å²) >= 11 is 0. The van der Waals surface area contributed by atoms with Crippen molar-refractivity contribution in [3.05, 3.63) is 64.7 Å². The molecular formula is C16H11NaO11S.